The number of benzene rings is 1. The fourth-order valence-electron chi connectivity index (χ4n) is 1.48. The summed E-state index contributed by atoms with van der Waals surface area (Å²) in [5, 5.41) is 0.114. The number of hydrazine groups is 1. The molecule has 0 spiro atoms. The molecule has 0 saturated heterocycles. The highest BCUT2D eigenvalue weighted by atomic mass is 35.5. The maximum atomic E-state index is 13.2. The van der Waals surface area contributed by atoms with E-state index in [9.17, 15) is 4.39 Å². The standard InChI is InChI=1S/C12H14ClFN2/c1-2-3-4-5-12(16-15)9-6-7-10(13)11(14)8-9/h1,6-8,12,16H,3-5,15H2. The molecule has 1 atom stereocenters. The Morgan fingerprint density at radius 1 is 1.56 bits per heavy atom. The van der Waals surface area contributed by atoms with E-state index in [0.717, 1.165) is 18.4 Å². The van der Waals surface area contributed by atoms with Crippen molar-refractivity contribution in [2.24, 2.45) is 5.84 Å². The predicted octanol–water partition coefficient (Wildman–Crippen LogP) is 2.79. The van der Waals surface area contributed by atoms with Crippen LogP contribution in [0.15, 0.2) is 18.2 Å². The van der Waals surface area contributed by atoms with Crippen LogP contribution in [0.5, 0.6) is 0 Å². The molecule has 1 aromatic rings. The summed E-state index contributed by atoms with van der Waals surface area (Å²) in [6.45, 7) is 0. The lowest BCUT2D eigenvalue weighted by Gasteiger charge is -2.15. The molecule has 0 aliphatic rings. The number of nitrogens with two attached hydrogens (primary N) is 1. The molecule has 3 N–H and O–H groups in total. The van der Waals surface area contributed by atoms with Crippen molar-refractivity contribution in [2.75, 3.05) is 0 Å². The molecule has 0 saturated carbocycles. The molecule has 0 radical (unpaired) electrons. The van der Waals surface area contributed by atoms with Crippen LogP contribution in [0.4, 0.5) is 4.39 Å². The van der Waals surface area contributed by atoms with E-state index in [0.29, 0.717) is 6.42 Å². The highest BCUT2D eigenvalue weighted by molar-refractivity contribution is 6.30. The Kier molecular flexibility index (Phi) is 5.27. The Hall–Kier alpha value is -1.08. The third-order valence-corrected chi connectivity index (χ3v) is 2.67. The van der Waals surface area contributed by atoms with Gasteiger partial charge >= 0.3 is 0 Å². The van der Waals surface area contributed by atoms with E-state index < -0.39 is 5.82 Å². The van der Waals surface area contributed by atoms with Crippen LogP contribution < -0.4 is 11.3 Å². The van der Waals surface area contributed by atoms with Crippen molar-refractivity contribution < 1.29 is 4.39 Å². The van der Waals surface area contributed by atoms with E-state index in [1.807, 2.05) is 0 Å². The van der Waals surface area contributed by atoms with E-state index >= 15 is 0 Å². The normalized spacial score (nSPS) is 12.1. The molecule has 1 aromatic carbocycles. The summed E-state index contributed by atoms with van der Waals surface area (Å²) in [6.07, 6.45) is 7.46. The molecule has 0 aromatic heterocycles. The Bertz CT molecular complexity index is 387. The second-order valence-electron chi connectivity index (χ2n) is 3.49. The van der Waals surface area contributed by atoms with Crippen LogP contribution in [0.1, 0.15) is 30.9 Å². The minimum Gasteiger partial charge on any atom is -0.271 e. The van der Waals surface area contributed by atoms with Gasteiger partial charge in [-0.3, -0.25) is 11.3 Å². The summed E-state index contributed by atoms with van der Waals surface area (Å²) in [5.74, 6) is 7.54. The van der Waals surface area contributed by atoms with Crippen LogP contribution in [0.25, 0.3) is 0 Å². The van der Waals surface area contributed by atoms with Gasteiger partial charge < -0.3 is 0 Å². The minimum absolute atomic E-state index is 0.0971. The molecule has 0 amide bonds. The van der Waals surface area contributed by atoms with E-state index in [2.05, 4.69) is 11.3 Å². The second-order valence-corrected chi connectivity index (χ2v) is 3.90. The average molecular weight is 241 g/mol. The van der Waals surface area contributed by atoms with Gasteiger partial charge in [0.25, 0.3) is 0 Å². The van der Waals surface area contributed by atoms with Crippen LogP contribution in [0.2, 0.25) is 5.02 Å². The second kappa shape index (κ2) is 6.49. The summed E-state index contributed by atoms with van der Waals surface area (Å²) in [7, 11) is 0. The Balaban J connectivity index is 2.71. The van der Waals surface area contributed by atoms with Gasteiger partial charge in [-0.1, -0.05) is 17.7 Å². The number of rotatable bonds is 5. The minimum atomic E-state index is -0.434. The van der Waals surface area contributed by atoms with Gasteiger partial charge in [0.1, 0.15) is 5.82 Å². The summed E-state index contributed by atoms with van der Waals surface area (Å²) >= 11 is 5.60. The van der Waals surface area contributed by atoms with E-state index in [1.54, 1.807) is 6.07 Å². The summed E-state index contributed by atoms with van der Waals surface area (Å²) < 4.78 is 13.2. The van der Waals surface area contributed by atoms with E-state index in [-0.39, 0.29) is 11.1 Å². The number of unbranched alkanes of at least 4 members (excludes halogenated alkanes) is 1. The number of nitrogens with one attached hydrogen (secondary N) is 1. The molecule has 2 nitrogen and oxygen atoms in total. The average Bonchev–Trinajstić information content (AvgIpc) is 2.29. The fraction of sp³-hybridized carbons (Fsp3) is 0.333. The Labute approximate surface area is 99.9 Å². The highest BCUT2D eigenvalue weighted by Gasteiger charge is 2.11. The number of hydrogen-bond acceptors (Lipinski definition) is 2. The third-order valence-electron chi connectivity index (χ3n) is 2.36. The third kappa shape index (κ3) is 3.49. The molecule has 0 aliphatic heterocycles. The lowest BCUT2D eigenvalue weighted by atomic mass is 10.0. The van der Waals surface area contributed by atoms with Crippen molar-refractivity contribution in [1.82, 2.24) is 5.43 Å². The van der Waals surface area contributed by atoms with Crippen molar-refractivity contribution in [3.05, 3.63) is 34.6 Å². The molecule has 0 heterocycles. The van der Waals surface area contributed by atoms with Crippen molar-refractivity contribution in [1.29, 1.82) is 0 Å². The molecule has 16 heavy (non-hydrogen) atoms. The summed E-state index contributed by atoms with van der Waals surface area (Å²) in [5.41, 5.74) is 3.42. The first-order valence-electron chi connectivity index (χ1n) is 5.03. The van der Waals surface area contributed by atoms with Crippen LogP contribution >= 0.6 is 11.6 Å². The van der Waals surface area contributed by atoms with Crippen molar-refractivity contribution in [3.8, 4) is 12.3 Å². The first-order chi connectivity index (χ1) is 7.69. The van der Waals surface area contributed by atoms with Crippen molar-refractivity contribution in [3.63, 3.8) is 0 Å². The molecule has 0 fully saturated rings. The van der Waals surface area contributed by atoms with Crippen molar-refractivity contribution >= 4 is 11.6 Å². The first-order valence-corrected chi connectivity index (χ1v) is 5.41. The molecule has 1 unspecified atom stereocenters. The van der Waals surface area contributed by atoms with Gasteiger partial charge in [0.2, 0.25) is 0 Å². The van der Waals surface area contributed by atoms with E-state index in [4.69, 9.17) is 23.9 Å². The summed E-state index contributed by atoms with van der Waals surface area (Å²) in [4.78, 5) is 0. The van der Waals surface area contributed by atoms with E-state index in [1.165, 1.54) is 12.1 Å². The topological polar surface area (TPSA) is 38.0 Å². The molecule has 4 heteroatoms. The molecule has 0 bridgehead atoms. The maximum absolute atomic E-state index is 13.2. The van der Waals surface area contributed by atoms with Crippen LogP contribution in [-0.2, 0) is 0 Å². The van der Waals surface area contributed by atoms with Gasteiger partial charge in [0.15, 0.2) is 0 Å². The lowest BCUT2D eigenvalue weighted by molar-refractivity contribution is 0.498. The van der Waals surface area contributed by atoms with Gasteiger partial charge in [-0.25, -0.2) is 4.39 Å². The van der Waals surface area contributed by atoms with Crippen LogP contribution in [0, 0.1) is 18.2 Å². The van der Waals surface area contributed by atoms with Crippen molar-refractivity contribution in [2.45, 2.75) is 25.3 Å². The van der Waals surface area contributed by atoms with Gasteiger partial charge in [-0.15, -0.1) is 12.3 Å². The summed E-state index contributed by atoms with van der Waals surface area (Å²) in [6, 6.07) is 4.58. The molecular weight excluding hydrogens is 227 g/mol. The number of terminal acetylenes is 1. The Morgan fingerprint density at radius 2 is 2.31 bits per heavy atom. The molecular formula is C12H14ClFN2. The lowest BCUT2D eigenvalue weighted by Crippen LogP contribution is -2.28. The highest BCUT2D eigenvalue weighted by Crippen LogP contribution is 2.23. The van der Waals surface area contributed by atoms with Crippen LogP contribution in [0.3, 0.4) is 0 Å². The zero-order chi connectivity index (χ0) is 12.0. The predicted molar refractivity (Wildman–Crippen MR) is 64.2 cm³/mol. The number of hydrogen-bond donors (Lipinski definition) is 2. The van der Waals surface area contributed by atoms with Gasteiger partial charge in [-0.05, 0) is 30.5 Å². The zero-order valence-electron chi connectivity index (χ0n) is 8.84. The Morgan fingerprint density at radius 3 is 2.88 bits per heavy atom. The molecule has 1 rings (SSSR count). The quantitative estimate of drug-likeness (QED) is 0.360. The monoisotopic (exact) mass is 240 g/mol. The smallest absolute Gasteiger partial charge is 0.142 e. The first kappa shape index (κ1) is 13.0. The van der Waals surface area contributed by atoms with Crippen LogP contribution in [-0.4, -0.2) is 0 Å². The number of halogens is 2. The largest absolute Gasteiger partial charge is 0.271 e. The maximum Gasteiger partial charge on any atom is 0.142 e. The van der Waals surface area contributed by atoms with Gasteiger partial charge in [0.05, 0.1) is 5.02 Å². The molecule has 86 valence electrons. The SMILES string of the molecule is C#CCCCC(NN)c1ccc(Cl)c(F)c1. The van der Waals surface area contributed by atoms with Gasteiger partial charge in [0, 0.05) is 12.5 Å². The fourth-order valence-corrected chi connectivity index (χ4v) is 1.60. The molecule has 0 aliphatic carbocycles. The van der Waals surface area contributed by atoms with Gasteiger partial charge in [-0.2, -0.15) is 0 Å². The zero-order valence-corrected chi connectivity index (χ0v) is 9.60.